The lowest BCUT2D eigenvalue weighted by atomic mass is 9.91. The van der Waals surface area contributed by atoms with Gasteiger partial charge in [0.05, 0.1) is 33.6 Å². The van der Waals surface area contributed by atoms with Crippen molar-refractivity contribution in [1.29, 1.82) is 0 Å². The molecule has 12 aromatic rings. The Kier molecular flexibility index (Phi) is 12.7. The Balaban J connectivity index is 1.13. The molecule has 0 N–H and O–H groups in total. The Morgan fingerprint density at radius 3 is 0.821 bits per heavy atom. The molecule has 0 unspecified atom stereocenters. The highest BCUT2D eigenvalue weighted by atomic mass is 19.2. The summed E-state index contributed by atoms with van der Waals surface area (Å²) in [6, 6.07) is 54.7. The van der Waals surface area contributed by atoms with E-state index in [0.29, 0.717) is 34.1 Å². The van der Waals surface area contributed by atoms with Gasteiger partial charge in [-0.1, -0.05) is 98.8 Å². The summed E-state index contributed by atoms with van der Waals surface area (Å²) in [5, 5.41) is 4.86. The van der Waals surface area contributed by atoms with Crippen molar-refractivity contribution in [2.75, 3.05) is 9.80 Å². The van der Waals surface area contributed by atoms with Crippen molar-refractivity contribution in [2.45, 2.75) is 26.7 Å². The van der Waals surface area contributed by atoms with Gasteiger partial charge in [0.25, 0.3) is 0 Å². The van der Waals surface area contributed by atoms with Gasteiger partial charge in [-0.15, -0.1) is 0 Å². The summed E-state index contributed by atoms with van der Waals surface area (Å²) in [4.78, 5) is 3.82. The molecular formula is C68H44F8N2. The number of aryl methyl sites for hydroxylation is 2. The van der Waals surface area contributed by atoms with Crippen LogP contribution in [0.1, 0.15) is 25.0 Å². The van der Waals surface area contributed by atoms with Gasteiger partial charge in [-0.05, 0) is 189 Å². The van der Waals surface area contributed by atoms with Crippen LogP contribution in [-0.2, 0) is 12.8 Å². The summed E-state index contributed by atoms with van der Waals surface area (Å²) in [5.74, 6) is -6.88. The summed E-state index contributed by atoms with van der Waals surface area (Å²) < 4.78 is 127. The van der Waals surface area contributed by atoms with E-state index >= 15 is 35.1 Å². The quantitative estimate of drug-likeness (QED) is 0.0889. The van der Waals surface area contributed by atoms with Gasteiger partial charge in [0, 0.05) is 33.5 Å². The zero-order chi connectivity index (χ0) is 53.9. The van der Waals surface area contributed by atoms with Crippen LogP contribution in [-0.4, -0.2) is 0 Å². The molecule has 0 aliphatic heterocycles. The molecule has 0 aromatic heterocycles. The summed E-state index contributed by atoms with van der Waals surface area (Å²) >= 11 is 0. The van der Waals surface area contributed by atoms with Crippen LogP contribution in [0.15, 0.2) is 206 Å². The second kappa shape index (κ2) is 20.0. The van der Waals surface area contributed by atoms with E-state index in [-0.39, 0.29) is 44.5 Å². The molecule has 0 radical (unpaired) electrons. The summed E-state index contributed by atoms with van der Waals surface area (Å²) in [6.07, 6.45) is 1.48. The molecule has 2 nitrogen and oxygen atoms in total. The van der Waals surface area contributed by atoms with Crippen LogP contribution in [0, 0.1) is 46.5 Å². The van der Waals surface area contributed by atoms with Gasteiger partial charge in [-0.3, -0.25) is 0 Å². The Labute approximate surface area is 444 Å². The monoisotopic (exact) mass is 1040 g/mol. The predicted octanol–water partition coefficient (Wildman–Crippen LogP) is 20.4. The maximum Gasteiger partial charge on any atom is 0.133 e. The predicted molar refractivity (Wildman–Crippen MR) is 300 cm³/mol. The summed E-state index contributed by atoms with van der Waals surface area (Å²) in [6.45, 7) is 4.07. The van der Waals surface area contributed by atoms with Crippen LogP contribution >= 0.6 is 0 Å². The second-order valence-electron chi connectivity index (χ2n) is 19.2. The Morgan fingerprint density at radius 1 is 0.282 bits per heavy atom. The van der Waals surface area contributed by atoms with Crippen molar-refractivity contribution in [2.24, 2.45) is 0 Å². The zero-order valence-electron chi connectivity index (χ0n) is 42.0. The van der Waals surface area contributed by atoms with Gasteiger partial charge in [0.1, 0.15) is 46.5 Å². The van der Waals surface area contributed by atoms with E-state index in [1.165, 1.54) is 36.4 Å². The highest BCUT2D eigenvalue weighted by molar-refractivity contribution is 6.28. The second-order valence-corrected chi connectivity index (χ2v) is 19.2. The van der Waals surface area contributed by atoms with Gasteiger partial charge >= 0.3 is 0 Å². The molecular weight excluding hydrogens is 997 g/mol. The molecule has 0 amide bonds. The number of hydrogen-bond acceptors (Lipinski definition) is 2. The fourth-order valence-corrected chi connectivity index (χ4v) is 10.9. The SMILES string of the molecule is CCc1ccc(N(c2cc(-c3c(F)cccc3F)cc(-c3c(F)cccc3F)c2)c2ccc3ccc4c(N(c5ccc(CC)cc5)c5cc(-c6c(F)cccc6F)cc(-c6c(F)cccc6F)c5)ccc5ccc2c3c54)cc1. The maximum atomic E-state index is 15.9. The zero-order valence-corrected chi connectivity index (χ0v) is 42.0. The lowest BCUT2D eigenvalue weighted by Crippen LogP contribution is -2.12. The summed E-state index contributed by atoms with van der Waals surface area (Å²) in [7, 11) is 0. The third-order valence-electron chi connectivity index (χ3n) is 14.7. The van der Waals surface area contributed by atoms with Crippen molar-refractivity contribution < 1.29 is 35.1 Å². The Morgan fingerprint density at radius 2 is 0.551 bits per heavy atom. The molecule has 0 atom stereocenters. The number of hydrogen-bond donors (Lipinski definition) is 0. The first-order chi connectivity index (χ1) is 37.9. The van der Waals surface area contributed by atoms with Gasteiger partial charge in [0.15, 0.2) is 0 Å². The standard InChI is InChI=1S/C68H44F8N2/c1-3-39-17-25-47(26-18-39)77(49-35-43(65-53(69)9-5-10-54(65)70)33-44(36-49)66-55(71)11-6-12-56(66)72)61-31-23-41-22-30-52-62(32-24-42-21-29-51(61)63(41)64(42)52)78(48-27-19-40(4-2)20-28-48)50-37-45(67-57(73)13-7-14-58(67)74)34-46(38-50)68-59(75)15-8-16-60(68)76/h5-38H,3-4H2,1-2H3. The van der Waals surface area contributed by atoms with E-state index in [9.17, 15) is 0 Å². The fourth-order valence-electron chi connectivity index (χ4n) is 10.9. The molecule has 0 saturated heterocycles. The van der Waals surface area contributed by atoms with Crippen LogP contribution in [0.5, 0.6) is 0 Å². The van der Waals surface area contributed by atoms with Crippen LogP contribution in [0.25, 0.3) is 76.8 Å². The molecule has 382 valence electrons. The smallest absolute Gasteiger partial charge is 0.133 e. The van der Waals surface area contributed by atoms with E-state index < -0.39 is 46.5 Å². The molecule has 0 spiro atoms. The van der Waals surface area contributed by atoms with Crippen molar-refractivity contribution in [3.63, 3.8) is 0 Å². The van der Waals surface area contributed by atoms with E-state index in [1.807, 2.05) is 121 Å². The molecule has 0 heterocycles. The average molecular weight is 1040 g/mol. The topological polar surface area (TPSA) is 6.48 Å². The van der Waals surface area contributed by atoms with Gasteiger partial charge in [-0.2, -0.15) is 0 Å². The lowest BCUT2D eigenvalue weighted by Gasteiger charge is -2.30. The third-order valence-corrected chi connectivity index (χ3v) is 14.7. The number of halogens is 8. The minimum Gasteiger partial charge on any atom is -0.310 e. The Hall–Kier alpha value is -9.28. The highest BCUT2D eigenvalue weighted by Crippen LogP contribution is 2.50. The molecule has 10 heteroatoms. The number of nitrogens with zero attached hydrogens (tertiary/aromatic N) is 2. The lowest BCUT2D eigenvalue weighted by molar-refractivity contribution is 0.588. The van der Waals surface area contributed by atoms with E-state index in [4.69, 9.17) is 0 Å². The van der Waals surface area contributed by atoms with Crippen molar-refractivity contribution >= 4 is 66.4 Å². The number of rotatable bonds is 12. The molecule has 0 fully saturated rings. The molecule has 0 aliphatic carbocycles. The molecule has 0 saturated carbocycles. The normalized spacial score (nSPS) is 11.6. The van der Waals surface area contributed by atoms with E-state index in [1.54, 1.807) is 24.3 Å². The molecule has 0 bridgehead atoms. The van der Waals surface area contributed by atoms with Gasteiger partial charge in [-0.25, -0.2) is 35.1 Å². The molecule has 0 aliphatic rings. The minimum atomic E-state index is -0.860. The Bertz CT molecular complexity index is 3790. The first-order valence-electron chi connectivity index (χ1n) is 25.5. The van der Waals surface area contributed by atoms with E-state index in [0.717, 1.165) is 105 Å². The first kappa shape index (κ1) is 49.6. The minimum absolute atomic E-state index is 0.0491. The number of anilines is 6. The third kappa shape index (κ3) is 8.63. The average Bonchev–Trinajstić information content (AvgIpc) is 3.51. The fraction of sp³-hybridized carbons (Fsp3) is 0.0588. The maximum absolute atomic E-state index is 15.9. The van der Waals surface area contributed by atoms with Crippen LogP contribution in [0.4, 0.5) is 69.2 Å². The molecule has 12 rings (SSSR count). The highest BCUT2D eigenvalue weighted by Gasteiger charge is 2.27. The van der Waals surface area contributed by atoms with Crippen LogP contribution in [0.2, 0.25) is 0 Å². The van der Waals surface area contributed by atoms with Crippen molar-refractivity contribution in [3.8, 4) is 44.5 Å². The summed E-state index contributed by atoms with van der Waals surface area (Å²) in [5.41, 5.74) is 4.04. The molecule has 12 aromatic carbocycles. The number of benzene rings is 12. The van der Waals surface area contributed by atoms with Crippen molar-refractivity contribution in [1.82, 2.24) is 0 Å². The molecule has 78 heavy (non-hydrogen) atoms. The van der Waals surface area contributed by atoms with Gasteiger partial charge < -0.3 is 9.80 Å². The van der Waals surface area contributed by atoms with Gasteiger partial charge in [0.2, 0.25) is 0 Å². The first-order valence-corrected chi connectivity index (χ1v) is 25.5. The van der Waals surface area contributed by atoms with E-state index in [2.05, 4.69) is 0 Å². The van der Waals surface area contributed by atoms with Crippen LogP contribution in [0.3, 0.4) is 0 Å². The van der Waals surface area contributed by atoms with Crippen LogP contribution < -0.4 is 9.80 Å². The van der Waals surface area contributed by atoms with Crippen molar-refractivity contribution in [3.05, 3.63) is 264 Å². The largest absolute Gasteiger partial charge is 0.310 e.